The van der Waals surface area contributed by atoms with Crippen LogP contribution in [-0.2, 0) is 97.6 Å². The molecule has 0 aliphatic carbocycles. The second-order valence-corrected chi connectivity index (χ2v) is 12.6. The third-order valence-corrected chi connectivity index (χ3v) is 9.64. The first-order valence-corrected chi connectivity index (χ1v) is 19.6. The zero-order chi connectivity index (χ0) is 35.7. The van der Waals surface area contributed by atoms with Crippen LogP contribution in [0.3, 0.4) is 0 Å². The molecule has 0 atom stereocenters. The molecule has 1 radical (unpaired) electrons. The van der Waals surface area contributed by atoms with Crippen LogP contribution in [0.1, 0.15) is 33.4 Å². The first kappa shape index (κ1) is 50.3. The van der Waals surface area contributed by atoms with E-state index in [1.165, 1.54) is 26.4 Å². The minimum Gasteiger partial charge on any atom is 0 e. The Kier molecular flexibility index (Phi) is 32.2. The zero-order valence-corrected chi connectivity index (χ0v) is 34.3. The molecule has 17 heteroatoms. The Hall–Kier alpha value is 0.175. The van der Waals surface area contributed by atoms with Crippen LogP contribution < -0.4 is 0 Å². The van der Waals surface area contributed by atoms with Gasteiger partial charge in [0, 0.05) is 70.0 Å². The van der Waals surface area contributed by atoms with E-state index in [4.69, 9.17) is 18.9 Å². The summed E-state index contributed by atoms with van der Waals surface area (Å²) in [6.07, 6.45) is 1.21. The summed E-state index contributed by atoms with van der Waals surface area (Å²) in [5.74, 6) is 0. The monoisotopic (exact) mass is 985 g/mol. The largest absolute Gasteiger partial charge is 0 e. The van der Waals surface area contributed by atoms with Crippen molar-refractivity contribution in [1.82, 2.24) is 0 Å². The van der Waals surface area contributed by atoms with Crippen LogP contribution in [0.4, 0.5) is 17.7 Å². The Bertz CT molecular complexity index is 1140. The van der Waals surface area contributed by atoms with Gasteiger partial charge in [-0.3, -0.25) is 4.93 Å². The fourth-order valence-electron chi connectivity index (χ4n) is 4.22. The molecule has 0 saturated carbocycles. The first-order valence-electron chi connectivity index (χ1n) is 13.5. The molecule has 0 amide bonds. The predicted octanol–water partition coefficient (Wildman–Crippen LogP) is 9.69. The molecule has 278 valence electrons. The van der Waals surface area contributed by atoms with Crippen molar-refractivity contribution in [2.75, 3.05) is 41.7 Å². The van der Waals surface area contributed by atoms with Crippen molar-refractivity contribution in [1.29, 1.82) is 0 Å². The third kappa shape index (κ3) is 18.6. The number of aliphatic hydroxyl groups excluding tert-OH is 2. The maximum absolute atomic E-state index is 12.9. The molecule has 3 aromatic rings. The van der Waals surface area contributed by atoms with E-state index >= 15 is 0 Å². The minimum atomic E-state index is -5.27. The molecule has 0 aromatic heterocycles. The zero-order valence-electron chi connectivity index (χ0n) is 26.8. The maximum atomic E-state index is 12.9. The third-order valence-electron chi connectivity index (χ3n) is 5.94. The summed E-state index contributed by atoms with van der Waals surface area (Å²) in [4.78, 5) is 4.92. The van der Waals surface area contributed by atoms with E-state index in [0.717, 1.165) is 32.0 Å². The molecule has 0 spiro atoms. The number of halogens is 6. The molecule has 0 unspecified atom stereocenters. The van der Waals surface area contributed by atoms with Crippen molar-refractivity contribution in [3.8, 4) is 0 Å². The van der Waals surface area contributed by atoms with Gasteiger partial charge in [-0.1, -0.05) is 76.2 Å². The van der Waals surface area contributed by atoms with Crippen LogP contribution in [0.2, 0.25) is 0 Å². The van der Waals surface area contributed by atoms with Crippen molar-refractivity contribution < 1.29 is 86.3 Å². The van der Waals surface area contributed by atoms with Gasteiger partial charge in [-0.25, -0.2) is 0 Å². The van der Waals surface area contributed by atoms with Crippen molar-refractivity contribution in [3.63, 3.8) is 0 Å². The molecule has 0 aliphatic rings. The van der Waals surface area contributed by atoms with Crippen molar-refractivity contribution in [3.05, 3.63) is 92.9 Å². The molecule has 2 N–H and O–H groups in total. The van der Waals surface area contributed by atoms with E-state index in [1.807, 2.05) is 46.9 Å². The normalized spacial score (nSPS) is 10.9. The van der Waals surface area contributed by atoms with Gasteiger partial charge in [0.2, 0.25) is 11.2 Å². The topological polar surface area (TPSA) is 77.4 Å². The summed E-state index contributed by atoms with van der Waals surface area (Å²) >= 11 is -5.30. The van der Waals surface area contributed by atoms with Gasteiger partial charge in [0.15, 0.2) is 0 Å². The average Bonchev–Trinajstić information content (AvgIpc) is 3.04. The van der Waals surface area contributed by atoms with Crippen LogP contribution in [0, 0.1) is 4.93 Å². The number of hydrogen-bond acceptors (Lipinski definition) is 8. The number of methoxy groups -OCH3 is 4. The predicted molar refractivity (Wildman–Crippen MR) is 186 cm³/mol. The quantitative estimate of drug-likeness (QED) is 0.0484. The summed E-state index contributed by atoms with van der Waals surface area (Å²) < 4.78 is 78.3. The van der Waals surface area contributed by atoms with Crippen molar-refractivity contribution >= 4 is 55.4 Å². The second-order valence-electron chi connectivity index (χ2n) is 9.01. The van der Waals surface area contributed by atoms with Crippen molar-refractivity contribution in [2.24, 2.45) is 0 Å². The molecule has 48 heavy (non-hydrogen) atoms. The SMILES string of the molecule is COCc1cccc(COC)c1S(F)(F)F.COCc1cccc(COC)c1SSc1c(CCO)cccc1CCO.[CH2-]I.[F][Ag][F].[V]. The van der Waals surface area contributed by atoms with E-state index in [-0.39, 0.29) is 56.1 Å². The Balaban J connectivity index is 0. The molecule has 3 rings (SSSR count). The second kappa shape index (κ2) is 30.8. The number of rotatable bonds is 16. The summed E-state index contributed by atoms with van der Waals surface area (Å²) in [6.45, 7) is 1.22. The van der Waals surface area contributed by atoms with Gasteiger partial charge in [0.05, 0.1) is 31.3 Å². The number of hydrogen-bond donors (Lipinski definition) is 2. The van der Waals surface area contributed by atoms with Gasteiger partial charge in [0.1, 0.15) is 0 Å². The Morgan fingerprint density at radius 2 is 0.896 bits per heavy atom. The van der Waals surface area contributed by atoms with Crippen LogP contribution in [0.15, 0.2) is 69.3 Å². The van der Waals surface area contributed by atoms with Gasteiger partial charge in [-0.05, 0) is 46.2 Å². The standard InChI is InChI=1S/C20H26O4S2.C10H13F3O2S.CH2I.Ag.2FH.V/c1-23-13-17-7-4-8-18(14-24-2)20(17)26-25-19-15(9-11-21)5-3-6-16(19)10-12-22;1-14-6-8-4-3-5-9(7-15-2)10(8)16(11,12)13;1-2;;;;/h3-8,21-22H,9-14H2,1-2H3;3-5H,6-7H2,1-2H3;1H2;;2*1H;/q;;-1;+2;;;/p-2. The molecule has 0 bridgehead atoms. The van der Waals surface area contributed by atoms with Gasteiger partial charge < -0.3 is 51.8 Å². The Morgan fingerprint density at radius 3 is 1.19 bits per heavy atom. The number of benzene rings is 3. The molecular formula is C31H41AgF5IO6S3V-. The molecule has 0 aliphatic heterocycles. The molecule has 3 aromatic carbocycles. The molecule has 0 heterocycles. The minimum absolute atomic E-state index is 0. The molecule has 6 nitrogen and oxygen atoms in total. The van der Waals surface area contributed by atoms with Crippen LogP contribution in [-0.4, -0.2) is 51.9 Å². The van der Waals surface area contributed by atoms with Gasteiger partial charge in [-0.15, -0.1) is 11.7 Å². The van der Waals surface area contributed by atoms with Crippen LogP contribution in [0.25, 0.3) is 0 Å². The number of ether oxygens (including phenoxy) is 4. The fourth-order valence-corrected chi connectivity index (χ4v) is 8.04. The summed E-state index contributed by atoms with van der Waals surface area (Å²) in [5.41, 5.74) is 4.80. The van der Waals surface area contributed by atoms with Gasteiger partial charge >= 0.3 is 26.9 Å². The average molecular weight is 987 g/mol. The molecule has 0 saturated heterocycles. The molecular weight excluding hydrogens is 945 g/mol. The van der Waals surface area contributed by atoms with E-state index in [9.17, 15) is 27.9 Å². The maximum Gasteiger partial charge on any atom is 0 e. The van der Waals surface area contributed by atoms with E-state index in [0.29, 0.717) is 26.1 Å². The van der Waals surface area contributed by atoms with E-state index in [2.05, 4.69) is 17.1 Å². The summed E-state index contributed by atoms with van der Waals surface area (Å²) in [6, 6.07) is 16.7. The van der Waals surface area contributed by atoms with Crippen LogP contribution in [0.5, 0.6) is 0 Å². The first-order chi connectivity index (χ1) is 22.7. The van der Waals surface area contributed by atoms with Gasteiger partial charge in [-0.2, -0.15) is 0 Å². The van der Waals surface area contributed by atoms with Gasteiger partial charge in [0.25, 0.3) is 0 Å². The Morgan fingerprint density at radius 1 is 0.625 bits per heavy atom. The molecule has 0 fully saturated rings. The van der Waals surface area contributed by atoms with Crippen LogP contribution >= 0.6 is 55.4 Å². The fraction of sp³-hybridized carbons (Fsp3) is 0.387. The smallest absolute Gasteiger partial charge is 0 e. The number of aliphatic hydroxyl groups is 2. The van der Waals surface area contributed by atoms with E-state index in [1.54, 1.807) is 41.9 Å². The summed E-state index contributed by atoms with van der Waals surface area (Å²) in [7, 11) is 9.49. The Labute approximate surface area is 327 Å². The van der Waals surface area contributed by atoms with E-state index < -0.39 is 36.9 Å². The summed E-state index contributed by atoms with van der Waals surface area (Å²) in [5, 5.41) is 18.8. The van der Waals surface area contributed by atoms with Crippen molar-refractivity contribution in [2.45, 2.75) is 54.0 Å².